The Morgan fingerprint density at radius 1 is 1.25 bits per heavy atom. The molecule has 0 aliphatic carbocycles. The molecule has 1 aliphatic rings. The molecular weight excluding hydrogens is 208 g/mol. The molecule has 16 heavy (non-hydrogen) atoms. The minimum absolute atomic E-state index is 0.0261. The van der Waals surface area contributed by atoms with Crippen LogP contribution in [0.15, 0.2) is 24.3 Å². The first-order valence-corrected chi connectivity index (χ1v) is 5.02. The normalized spacial score (nSPS) is 15.2. The first-order valence-electron chi connectivity index (χ1n) is 5.02. The van der Waals surface area contributed by atoms with Crippen LogP contribution in [0.25, 0.3) is 0 Å². The minimum atomic E-state index is -0.971. The van der Waals surface area contributed by atoms with Gasteiger partial charge < -0.3 is 15.7 Å². The van der Waals surface area contributed by atoms with Crippen molar-refractivity contribution in [2.24, 2.45) is 5.92 Å². The highest BCUT2D eigenvalue weighted by Gasteiger charge is 2.24. The van der Waals surface area contributed by atoms with Crippen molar-refractivity contribution in [1.29, 1.82) is 0 Å². The molecule has 1 aromatic rings. The summed E-state index contributed by atoms with van der Waals surface area (Å²) in [5.41, 5.74) is 0.838. The molecule has 0 atom stereocenters. The smallest absolute Gasteiger partial charge is 0.335 e. The molecule has 1 fully saturated rings. The Morgan fingerprint density at radius 3 is 2.31 bits per heavy atom. The van der Waals surface area contributed by atoms with Gasteiger partial charge in [0.15, 0.2) is 0 Å². The fourth-order valence-electron chi connectivity index (χ4n) is 1.41. The van der Waals surface area contributed by atoms with E-state index < -0.39 is 5.97 Å². The van der Waals surface area contributed by atoms with Crippen LogP contribution >= 0.6 is 0 Å². The zero-order chi connectivity index (χ0) is 11.5. The van der Waals surface area contributed by atoms with Gasteiger partial charge in [-0.15, -0.1) is 0 Å². The van der Waals surface area contributed by atoms with Crippen molar-refractivity contribution in [1.82, 2.24) is 5.32 Å². The highest BCUT2D eigenvalue weighted by atomic mass is 16.4. The number of benzene rings is 1. The molecule has 1 aromatic carbocycles. The predicted octanol–water partition coefficient (Wildman–Crippen LogP) is 0.543. The third-order valence-electron chi connectivity index (χ3n) is 2.55. The van der Waals surface area contributed by atoms with Gasteiger partial charge in [-0.25, -0.2) is 4.79 Å². The van der Waals surface area contributed by atoms with E-state index in [2.05, 4.69) is 10.6 Å². The van der Waals surface area contributed by atoms with Crippen molar-refractivity contribution in [3.63, 3.8) is 0 Å². The summed E-state index contributed by atoms with van der Waals surface area (Å²) in [6.45, 7) is 1.41. The fraction of sp³-hybridized carbons (Fsp3) is 0.273. The number of amides is 1. The van der Waals surface area contributed by atoms with E-state index in [1.165, 1.54) is 12.1 Å². The molecule has 1 aliphatic heterocycles. The Balaban J connectivity index is 1.99. The molecule has 1 saturated heterocycles. The van der Waals surface area contributed by atoms with Crippen LogP contribution < -0.4 is 10.6 Å². The van der Waals surface area contributed by atoms with E-state index >= 15 is 0 Å². The van der Waals surface area contributed by atoms with Crippen LogP contribution in [-0.2, 0) is 4.79 Å². The number of aromatic carboxylic acids is 1. The molecule has 5 nitrogen and oxygen atoms in total. The Kier molecular flexibility index (Phi) is 2.87. The molecule has 2 rings (SSSR count). The highest BCUT2D eigenvalue weighted by Crippen LogP contribution is 2.12. The molecule has 0 bridgehead atoms. The summed E-state index contributed by atoms with van der Waals surface area (Å²) >= 11 is 0. The van der Waals surface area contributed by atoms with E-state index in [1.54, 1.807) is 12.1 Å². The summed E-state index contributed by atoms with van der Waals surface area (Å²) < 4.78 is 0. The predicted molar refractivity (Wildman–Crippen MR) is 58.4 cm³/mol. The molecule has 1 heterocycles. The van der Waals surface area contributed by atoms with Crippen molar-refractivity contribution in [3.05, 3.63) is 29.8 Å². The number of rotatable bonds is 3. The van der Waals surface area contributed by atoms with E-state index in [0.29, 0.717) is 18.8 Å². The molecule has 0 aromatic heterocycles. The van der Waals surface area contributed by atoms with Crippen LogP contribution in [-0.4, -0.2) is 30.1 Å². The van der Waals surface area contributed by atoms with Crippen LogP contribution in [0, 0.1) is 5.92 Å². The quantitative estimate of drug-likeness (QED) is 0.694. The van der Waals surface area contributed by atoms with Gasteiger partial charge >= 0.3 is 5.97 Å². The van der Waals surface area contributed by atoms with Gasteiger partial charge in [-0.2, -0.15) is 0 Å². The van der Waals surface area contributed by atoms with Crippen molar-refractivity contribution in [2.75, 3.05) is 18.4 Å². The van der Waals surface area contributed by atoms with E-state index in [1.807, 2.05) is 0 Å². The van der Waals surface area contributed by atoms with Gasteiger partial charge in [-0.05, 0) is 24.3 Å². The Bertz CT molecular complexity index is 410. The summed E-state index contributed by atoms with van der Waals surface area (Å²) in [6, 6.07) is 6.12. The Labute approximate surface area is 92.5 Å². The first-order chi connectivity index (χ1) is 7.66. The number of carbonyl (C=O) groups excluding carboxylic acids is 1. The van der Waals surface area contributed by atoms with Crippen molar-refractivity contribution >= 4 is 17.6 Å². The lowest BCUT2D eigenvalue weighted by molar-refractivity contribution is -0.121. The van der Waals surface area contributed by atoms with Crippen LogP contribution in [0.1, 0.15) is 10.4 Å². The summed E-state index contributed by atoms with van der Waals surface area (Å²) in [4.78, 5) is 22.1. The van der Waals surface area contributed by atoms with E-state index in [0.717, 1.165) is 0 Å². The third kappa shape index (κ3) is 2.20. The highest BCUT2D eigenvalue weighted by molar-refractivity contribution is 5.94. The summed E-state index contributed by atoms with van der Waals surface area (Å²) in [6.07, 6.45) is 0. The molecular formula is C11H12N2O3. The number of hydrogen-bond donors (Lipinski definition) is 3. The van der Waals surface area contributed by atoms with Gasteiger partial charge in [0.25, 0.3) is 0 Å². The van der Waals surface area contributed by atoms with Gasteiger partial charge in [0, 0.05) is 18.8 Å². The fourth-order valence-corrected chi connectivity index (χ4v) is 1.41. The lowest BCUT2D eigenvalue weighted by atomic mass is 10.0. The number of anilines is 1. The summed E-state index contributed by atoms with van der Waals surface area (Å²) in [7, 11) is 0. The summed E-state index contributed by atoms with van der Waals surface area (Å²) in [5, 5.41) is 14.4. The Hall–Kier alpha value is -1.88. The van der Waals surface area contributed by atoms with Crippen molar-refractivity contribution in [2.45, 2.75) is 0 Å². The van der Waals surface area contributed by atoms with Crippen molar-refractivity contribution < 1.29 is 14.7 Å². The number of nitrogens with one attached hydrogen (secondary N) is 2. The maximum Gasteiger partial charge on any atom is 0.335 e. The van der Waals surface area contributed by atoms with Crippen molar-refractivity contribution in [3.8, 4) is 0 Å². The van der Waals surface area contributed by atoms with E-state index in [-0.39, 0.29) is 17.4 Å². The second kappa shape index (κ2) is 4.32. The molecule has 0 unspecified atom stereocenters. The number of carboxylic acid groups (broad SMARTS) is 1. The number of hydrogen-bond acceptors (Lipinski definition) is 3. The van der Waals surface area contributed by atoms with E-state index in [9.17, 15) is 9.59 Å². The van der Waals surface area contributed by atoms with Crippen LogP contribution in [0.5, 0.6) is 0 Å². The Morgan fingerprint density at radius 2 is 1.88 bits per heavy atom. The molecule has 0 saturated carbocycles. The molecule has 3 N–H and O–H groups in total. The van der Waals surface area contributed by atoms with Gasteiger partial charge in [0.05, 0.1) is 11.5 Å². The lowest BCUT2D eigenvalue weighted by Gasteiger charge is -2.25. The first kappa shape index (κ1) is 10.6. The van der Waals surface area contributed by atoms with E-state index in [4.69, 9.17) is 5.11 Å². The summed E-state index contributed by atoms with van der Waals surface area (Å²) in [5.74, 6) is -0.970. The minimum Gasteiger partial charge on any atom is -0.478 e. The van der Waals surface area contributed by atoms with Gasteiger partial charge in [-0.1, -0.05) is 0 Å². The number of carboxylic acids is 1. The standard InChI is InChI=1S/C11H12N2O3/c14-10(8-5-12-6-8)13-9-3-1-7(2-4-9)11(15)16/h1-4,8,12H,5-6H2,(H,13,14)(H,15,16). The van der Waals surface area contributed by atoms with Gasteiger partial charge in [0.1, 0.15) is 0 Å². The average Bonchev–Trinajstić information content (AvgIpc) is 2.15. The lowest BCUT2D eigenvalue weighted by Crippen LogP contribution is -2.48. The second-order valence-corrected chi connectivity index (χ2v) is 3.73. The second-order valence-electron chi connectivity index (χ2n) is 3.73. The molecule has 0 radical (unpaired) electrons. The van der Waals surface area contributed by atoms with Gasteiger partial charge in [-0.3, -0.25) is 4.79 Å². The monoisotopic (exact) mass is 220 g/mol. The number of carbonyl (C=O) groups is 2. The van der Waals surface area contributed by atoms with Crippen LogP contribution in [0.2, 0.25) is 0 Å². The van der Waals surface area contributed by atoms with Gasteiger partial charge in [0.2, 0.25) is 5.91 Å². The van der Waals surface area contributed by atoms with Crippen LogP contribution in [0.3, 0.4) is 0 Å². The maximum atomic E-state index is 11.5. The molecule has 0 spiro atoms. The topological polar surface area (TPSA) is 78.4 Å². The zero-order valence-electron chi connectivity index (χ0n) is 8.56. The molecule has 1 amide bonds. The molecule has 5 heteroatoms. The average molecular weight is 220 g/mol. The third-order valence-corrected chi connectivity index (χ3v) is 2.55. The molecule has 84 valence electrons. The zero-order valence-corrected chi connectivity index (χ0v) is 8.56. The largest absolute Gasteiger partial charge is 0.478 e. The maximum absolute atomic E-state index is 11.5. The van der Waals surface area contributed by atoms with Crippen LogP contribution in [0.4, 0.5) is 5.69 Å². The SMILES string of the molecule is O=C(O)c1ccc(NC(=O)C2CNC2)cc1.